The number of aromatic amines is 1. The van der Waals surface area contributed by atoms with Gasteiger partial charge in [-0.25, -0.2) is 4.79 Å². The minimum atomic E-state index is -4.20. The van der Waals surface area contributed by atoms with Crippen molar-refractivity contribution in [2.45, 2.75) is 31.2 Å². The molecule has 1 N–H and O–H groups in total. The van der Waals surface area contributed by atoms with Crippen LogP contribution in [-0.2, 0) is 16.6 Å². The van der Waals surface area contributed by atoms with Crippen LogP contribution in [-0.4, -0.2) is 22.4 Å². The zero-order chi connectivity index (χ0) is 14.8. The molecule has 2 rings (SSSR count). The van der Waals surface area contributed by atoms with Crippen molar-refractivity contribution in [3.8, 4) is 0 Å². The number of H-pyrrole nitrogens is 1. The first-order chi connectivity index (χ1) is 9.48. The van der Waals surface area contributed by atoms with Crippen LogP contribution in [0.2, 0.25) is 0 Å². The molecule has 0 saturated carbocycles. The van der Waals surface area contributed by atoms with Crippen LogP contribution in [0.15, 0.2) is 40.0 Å². The molecule has 1 aromatic heterocycles. The number of nitrogens with zero attached hydrogens (tertiary/aromatic N) is 3. The summed E-state index contributed by atoms with van der Waals surface area (Å²) in [5.41, 5.74) is -0.905. The number of hydrogen-bond donors (Lipinski definition) is 1. The maximum absolute atomic E-state index is 12.3. The minimum Gasteiger partial charge on any atom is -0.213 e. The van der Waals surface area contributed by atoms with Crippen molar-refractivity contribution in [3.63, 3.8) is 0 Å². The zero-order valence-corrected chi connectivity index (χ0v) is 11.7. The SMILES string of the molecule is CCCCn1[nH][n+](=O)n(S(=O)(=O)c2ccccc2)c1=O. The van der Waals surface area contributed by atoms with Crippen LogP contribution >= 0.6 is 0 Å². The van der Waals surface area contributed by atoms with E-state index in [1.165, 1.54) is 24.3 Å². The number of hydrogen-bond acceptors (Lipinski definition) is 4. The number of unbranched alkanes of at least 4 members (excludes halogenated alkanes) is 1. The summed E-state index contributed by atoms with van der Waals surface area (Å²) in [4.78, 5) is 23.6. The van der Waals surface area contributed by atoms with Crippen LogP contribution in [0.1, 0.15) is 19.8 Å². The second-order valence-corrected chi connectivity index (χ2v) is 5.99. The third kappa shape index (κ3) is 2.44. The summed E-state index contributed by atoms with van der Waals surface area (Å²) in [6, 6.07) is 7.33. The summed E-state index contributed by atoms with van der Waals surface area (Å²) in [5, 5.41) is 2.17. The number of aromatic nitrogens is 4. The molecule has 0 fully saturated rings. The molecule has 108 valence electrons. The molecular formula is C11H15N4O4S+. The van der Waals surface area contributed by atoms with E-state index in [0.29, 0.717) is 6.42 Å². The summed E-state index contributed by atoms with van der Waals surface area (Å²) in [7, 11) is -4.20. The predicted octanol–water partition coefficient (Wildman–Crippen LogP) is -0.0705. The first kappa shape index (κ1) is 14.3. The normalized spacial score (nSPS) is 11.7. The van der Waals surface area contributed by atoms with Crippen LogP contribution in [0.4, 0.5) is 0 Å². The molecule has 0 saturated heterocycles. The van der Waals surface area contributed by atoms with E-state index in [2.05, 4.69) is 5.21 Å². The van der Waals surface area contributed by atoms with E-state index in [1.54, 1.807) is 6.07 Å². The molecule has 9 heteroatoms. The third-order valence-corrected chi connectivity index (χ3v) is 4.40. The van der Waals surface area contributed by atoms with E-state index in [4.69, 9.17) is 0 Å². The van der Waals surface area contributed by atoms with Crippen molar-refractivity contribution >= 4 is 10.0 Å². The Bertz CT molecular complexity index is 801. The van der Waals surface area contributed by atoms with Crippen LogP contribution in [0, 0.1) is 4.91 Å². The maximum atomic E-state index is 12.3. The standard InChI is InChI=1S/C11H15N4O4S/c1-2-3-9-13-11(16)14(15(17)12-13)20(18,19)10-7-5-4-6-8-10/h4-8H,2-3,9H2,1H3,(H,12,17)/q+1. The van der Waals surface area contributed by atoms with Crippen LogP contribution in [0.25, 0.3) is 0 Å². The zero-order valence-electron chi connectivity index (χ0n) is 10.9. The lowest BCUT2D eigenvalue weighted by Crippen LogP contribution is -2.41. The Morgan fingerprint density at radius 2 is 1.90 bits per heavy atom. The number of aryl methyl sites for hydroxylation is 1. The largest absolute Gasteiger partial charge is 0.485 e. The Hall–Kier alpha value is -2.16. The fourth-order valence-corrected chi connectivity index (χ4v) is 2.96. The summed E-state index contributed by atoms with van der Waals surface area (Å²) in [5.74, 6) is 0. The average Bonchev–Trinajstić information content (AvgIpc) is 2.72. The lowest BCUT2D eigenvalue weighted by molar-refractivity contribution is -0.639. The monoisotopic (exact) mass is 299 g/mol. The van der Waals surface area contributed by atoms with Gasteiger partial charge < -0.3 is 0 Å². The highest BCUT2D eigenvalue weighted by molar-refractivity contribution is 7.89. The summed E-state index contributed by atoms with van der Waals surface area (Å²) >= 11 is 0. The molecule has 8 nitrogen and oxygen atoms in total. The van der Waals surface area contributed by atoms with Gasteiger partial charge in [0.15, 0.2) is 4.66 Å². The Kier molecular flexibility index (Phi) is 3.89. The van der Waals surface area contributed by atoms with Gasteiger partial charge in [-0.1, -0.05) is 31.5 Å². The molecule has 0 spiro atoms. The smallest absolute Gasteiger partial charge is 0.213 e. The molecule has 1 aromatic carbocycles. The van der Waals surface area contributed by atoms with Crippen molar-refractivity contribution in [2.24, 2.45) is 0 Å². The Morgan fingerprint density at radius 1 is 1.25 bits per heavy atom. The molecule has 1 heterocycles. The first-order valence-electron chi connectivity index (χ1n) is 6.14. The van der Waals surface area contributed by atoms with E-state index in [0.717, 1.165) is 11.1 Å². The van der Waals surface area contributed by atoms with Gasteiger partial charge in [0.25, 0.3) is 0 Å². The molecular weight excluding hydrogens is 284 g/mol. The topological polar surface area (TPSA) is 99.8 Å². The molecule has 2 aromatic rings. The maximum Gasteiger partial charge on any atom is 0.485 e. The van der Waals surface area contributed by atoms with E-state index in [1.807, 2.05) is 6.92 Å². The summed E-state index contributed by atoms with van der Waals surface area (Å²) < 4.78 is 25.6. The van der Waals surface area contributed by atoms with Crippen LogP contribution in [0.5, 0.6) is 0 Å². The molecule has 0 atom stereocenters. The van der Waals surface area contributed by atoms with Gasteiger partial charge in [0.05, 0.1) is 4.90 Å². The molecule has 0 radical (unpaired) electrons. The van der Waals surface area contributed by atoms with Crippen molar-refractivity contribution in [3.05, 3.63) is 45.7 Å². The van der Waals surface area contributed by atoms with Crippen molar-refractivity contribution in [1.29, 1.82) is 0 Å². The van der Waals surface area contributed by atoms with Crippen molar-refractivity contribution in [2.75, 3.05) is 0 Å². The fraction of sp³-hybridized carbons (Fsp3) is 0.364. The first-order valence-corrected chi connectivity index (χ1v) is 7.58. The number of nitrogens with one attached hydrogen (secondary N) is 1. The Morgan fingerprint density at radius 3 is 2.50 bits per heavy atom. The Balaban J connectivity index is 2.57. The van der Waals surface area contributed by atoms with Gasteiger partial charge >= 0.3 is 15.7 Å². The molecule has 0 aliphatic rings. The molecule has 0 unspecified atom stereocenters. The highest BCUT2D eigenvalue weighted by Crippen LogP contribution is 2.08. The second kappa shape index (κ2) is 5.45. The lowest BCUT2D eigenvalue weighted by atomic mass is 10.3. The molecule has 0 amide bonds. The van der Waals surface area contributed by atoms with Crippen molar-refractivity contribution in [1.82, 2.24) is 14.0 Å². The van der Waals surface area contributed by atoms with E-state index in [9.17, 15) is 18.1 Å². The second-order valence-electron chi connectivity index (χ2n) is 4.22. The van der Waals surface area contributed by atoms with Gasteiger partial charge in [-0.05, 0) is 28.7 Å². The van der Waals surface area contributed by atoms with Gasteiger partial charge in [-0.2, -0.15) is 8.42 Å². The highest BCUT2D eigenvalue weighted by Gasteiger charge is 2.30. The molecule has 20 heavy (non-hydrogen) atoms. The van der Waals surface area contributed by atoms with Crippen LogP contribution < -0.4 is 10.3 Å². The summed E-state index contributed by atoms with van der Waals surface area (Å²) in [6.07, 6.45) is 1.47. The Labute approximate surface area is 114 Å². The van der Waals surface area contributed by atoms with Crippen LogP contribution in [0.3, 0.4) is 0 Å². The average molecular weight is 299 g/mol. The molecule has 0 aliphatic carbocycles. The van der Waals surface area contributed by atoms with Gasteiger partial charge in [0.2, 0.25) is 0 Å². The highest BCUT2D eigenvalue weighted by atomic mass is 32.2. The van der Waals surface area contributed by atoms with E-state index in [-0.39, 0.29) is 20.2 Å². The van der Waals surface area contributed by atoms with E-state index >= 15 is 0 Å². The number of benzene rings is 1. The molecule has 0 aliphatic heterocycles. The summed E-state index contributed by atoms with van der Waals surface area (Å²) in [6.45, 7) is 2.18. The predicted molar refractivity (Wildman–Crippen MR) is 70.3 cm³/mol. The van der Waals surface area contributed by atoms with Gasteiger partial charge in [0, 0.05) is 4.09 Å². The van der Waals surface area contributed by atoms with E-state index < -0.39 is 15.7 Å². The van der Waals surface area contributed by atoms with Gasteiger partial charge in [-0.15, -0.1) is 4.68 Å². The quantitative estimate of drug-likeness (QED) is 0.781. The fourth-order valence-electron chi connectivity index (χ4n) is 1.72. The van der Waals surface area contributed by atoms with Crippen molar-refractivity contribution < 1.29 is 13.1 Å². The minimum absolute atomic E-state index is 0.0691. The van der Waals surface area contributed by atoms with Gasteiger partial charge in [-0.3, -0.25) is 0 Å². The van der Waals surface area contributed by atoms with Gasteiger partial charge in [0.1, 0.15) is 6.54 Å². The lowest BCUT2D eigenvalue weighted by Gasteiger charge is -1.97. The number of rotatable bonds is 5. The molecule has 0 bridgehead atoms. The third-order valence-electron chi connectivity index (χ3n) is 2.77. The number of tetrazole rings is 1.